The van der Waals surface area contributed by atoms with Crippen LogP contribution < -0.4 is 20.9 Å². The molecule has 24 heavy (non-hydrogen) atoms. The fourth-order valence-corrected chi connectivity index (χ4v) is 2.91. The Kier molecular flexibility index (Phi) is 5.35. The summed E-state index contributed by atoms with van der Waals surface area (Å²) in [5, 5.41) is 10.5. The Bertz CT molecular complexity index is 644. The van der Waals surface area contributed by atoms with Gasteiger partial charge >= 0.3 is 0 Å². The number of hydrogen-bond acceptors (Lipinski definition) is 5. The molecule has 0 heterocycles. The molecule has 0 spiro atoms. The van der Waals surface area contributed by atoms with E-state index in [4.69, 9.17) is 20.9 Å². The van der Waals surface area contributed by atoms with Crippen molar-refractivity contribution < 1.29 is 14.6 Å². The number of nitrogens with two attached hydrogens (primary N) is 2. The highest BCUT2D eigenvalue weighted by molar-refractivity contribution is 5.80. The summed E-state index contributed by atoms with van der Waals surface area (Å²) in [4.78, 5) is 0. The van der Waals surface area contributed by atoms with E-state index >= 15 is 0 Å². The van der Waals surface area contributed by atoms with Gasteiger partial charge in [0.2, 0.25) is 0 Å². The van der Waals surface area contributed by atoms with Gasteiger partial charge in [-0.05, 0) is 72.5 Å². The standard InChI is InChI=1S/C19H24N2O3/c20-7-1-9-23-13-3-5-15-17(11-13)18-12-14(24-10-2-8-21)4-6-16(18)19(15)22/h3-6,11-12,19,22H,1-2,7-10,20-21H2. The van der Waals surface area contributed by atoms with Crippen molar-refractivity contribution in [2.45, 2.75) is 18.9 Å². The summed E-state index contributed by atoms with van der Waals surface area (Å²) in [5.74, 6) is 1.58. The second kappa shape index (κ2) is 7.66. The minimum atomic E-state index is -0.605. The van der Waals surface area contributed by atoms with Crippen LogP contribution in [-0.4, -0.2) is 31.4 Å². The predicted octanol–water partition coefficient (Wildman–Crippen LogP) is 2.20. The Morgan fingerprint density at radius 2 is 1.25 bits per heavy atom. The van der Waals surface area contributed by atoms with E-state index in [2.05, 4.69) is 0 Å². The summed E-state index contributed by atoms with van der Waals surface area (Å²) in [7, 11) is 0. The Morgan fingerprint density at radius 1 is 0.792 bits per heavy atom. The van der Waals surface area contributed by atoms with Gasteiger partial charge in [0, 0.05) is 0 Å². The zero-order chi connectivity index (χ0) is 16.9. The van der Waals surface area contributed by atoms with Crippen LogP contribution in [-0.2, 0) is 0 Å². The Balaban J connectivity index is 1.85. The number of fused-ring (bicyclic) bond motifs is 3. The number of aliphatic hydroxyl groups excluding tert-OH is 1. The number of benzene rings is 2. The molecule has 0 fully saturated rings. The predicted molar refractivity (Wildman–Crippen MR) is 94.3 cm³/mol. The number of ether oxygens (including phenoxy) is 2. The molecule has 2 aromatic carbocycles. The summed E-state index contributed by atoms with van der Waals surface area (Å²) >= 11 is 0. The van der Waals surface area contributed by atoms with E-state index in [1.807, 2.05) is 36.4 Å². The van der Waals surface area contributed by atoms with Gasteiger partial charge in [-0.2, -0.15) is 0 Å². The topological polar surface area (TPSA) is 90.7 Å². The first-order valence-electron chi connectivity index (χ1n) is 8.36. The van der Waals surface area contributed by atoms with E-state index in [1.54, 1.807) is 0 Å². The van der Waals surface area contributed by atoms with Gasteiger partial charge < -0.3 is 26.0 Å². The van der Waals surface area contributed by atoms with Crippen molar-refractivity contribution >= 4 is 0 Å². The first-order valence-corrected chi connectivity index (χ1v) is 8.36. The molecule has 3 rings (SSSR count). The van der Waals surface area contributed by atoms with Crippen molar-refractivity contribution in [3.05, 3.63) is 47.5 Å². The lowest BCUT2D eigenvalue weighted by atomic mass is 10.1. The van der Waals surface area contributed by atoms with E-state index in [1.165, 1.54) is 0 Å². The van der Waals surface area contributed by atoms with Crippen LogP contribution in [0.5, 0.6) is 11.5 Å². The van der Waals surface area contributed by atoms with E-state index in [-0.39, 0.29) is 0 Å². The molecule has 0 saturated heterocycles. The summed E-state index contributed by atoms with van der Waals surface area (Å²) in [6.07, 6.45) is 1.02. The summed E-state index contributed by atoms with van der Waals surface area (Å²) in [6, 6.07) is 11.6. The molecule has 1 aliphatic carbocycles. The molecule has 5 N–H and O–H groups in total. The van der Waals surface area contributed by atoms with Gasteiger partial charge in [0.05, 0.1) is 13.2 Å². The van der Waals surface area contributed by atoms with Gasteiger partial charge in [-0.15, -0.1) is 0 Å². The minimum absolute atomic E-state index is 0.590. The third kappa shape index (κ3) is 3.38. The van der Waals surface area contributed by atoms with Crippen LogP contribution in [0.3, 0.4) is 0 Å². The molecule has 0 unspecified atom stereocenters. The quantitative estimate of drug-likeness (QED) is 0.646. The van der Waals surface area contributed by atoms with Gasteiger partial charge in [0.15, 0.2) is 0 Å². The molecule has 0 amide bonds. The molecule has 0 aromatic heterocycles. The molecular weight excluding hydrogens is 304 g/mol. The van der Waals surface area contributed by atoms with Crippen LogP contribution in [0.15, 0.2) is 36.4 Å². The van der Waals surface area contributed by atoms with E-state index in [0.29, 0.717) is 26.3 Å². The second-order valence-corrected chi connectivity index (χ2v) is 5.88. The molecule has 0 radical (unpaired) electrons. The average molecular weight is 328 g/mol. The van der Waals surface area contributed by atoms with Crippen molar-refractivity contribution in [3.8, 4) is 22.6 Å². The highest BCUT2D eigenvalue weighted by Crippen LogP contribution is 2.46. The Morgan fingerprint density at radius 3 is 1.67 bits per heavy atom. The van der Waals surface area contributed by atoms with Crippen LogP contribution in [0.1, 0.15) is 30.1 Å². The van der Waals surface area contributed by atoms with Crippen molar-refractivity contribution in [1.82, 2.24) is 0 Å². The number of aliphatic hydroxyl groups is 1. The molecule has 128 valence electrons. The van der Waals surface area contributed by atoms with Crippen LogP contribution in [0.2, 0.25) is 0 Å². The second-order valence-electron chi connectivity index (χ2n) is 5.88. The van der Waals surface area contributed by atoms with Crippen molar-refractivity contribution in [3.63, 3.8) is 0 Å². The van der Waals surface area contributed by atoms with E-state index < -0.39 is 6.10 Å². The van der Waals surface area contributed by atoms with Gasteiger partial charge in [0.1, 0.15) is 17.6 Å². The summed E-state index contributed by atoms with van der Waals surface area (Å²) < 4.78 is 11.4. The zero-order valence-corrected chi connectivity index (χ0v) is 13.7. The minimum Gasteiger partial charge on any atom is -0.494 e. The fourth-order valence-electron chi connectivity index (χ4n) is 2.91. The monoisotopic (exact) mass is 328 g/mol. The molecule has 2 aromatic rings. The molecule has 5 heteroatoms. The highest BCUT2D eigenvalue weighted by Gasteiger charge is 2.27. The molecule has 0 atom stereocenters. The summed E-state index contributed by atoms with van der Waals surface area (Å²) in [6.45, 7) is 2.39. The maximum Gasteiger partial charge on any atom is 0.119 e. The fraction of sp³-hybridized carbons (Fsp3) is 0.368. The van der Waals surface area contributed by atoms with Crippen molar-refractivity contribution in [2.24, 2.45) is 11.5 Å². The molecular formula is C19H24N2O3. The smallest absolute Gasteiger partial charge is 0.119 e. The Labute approximate surface area is 142 Å². The molecule has 5 nitrogen and oxygen atoms in total. The van der Waals surface area contributed by atoms with Crippen LogP contribution in [0, 0.1) is 0 Å². The lowest BCUT2D eigenvalue weighted by Gasteiger charge is -2.09. The van der Waals surface area contributed by atoms with Crippen LogP contribution >= 0.6 is 0 Å². The number of hydrogen-bond donors (Lipinski definition) is 3. The van der Waals surface area contributed by atoms with E-state index in [9.17, 15) is 5.11 Å². The first kappa shape index (κ1) is 16.8. The maximum atomic E-state index is 10.5. The average Bonchev–Trinajstić information content (AvgIpc) is 2.88. The van der Waals surface area contributed by atoms with Gasteiger partial charge in [-0.3, -0.25) is 0 Å². The molecule has 0 saturated carbocycles. The molecule has 0 bridgehead atoms. The molecule has 1 aliphatic rings. The highest BCUT2D eigenvalue weighted by atomic mass is 16.5. The molecule has 0 aliphatic heterocycles. The zero-order valence-electron chi connectivity index (χ0n) is 13.7. The SMILES string of the molecule is NCCCOc1ccc2c(c1)-c1cc(OCCCN)ccc1C2O. The largest absolute Gasteiger partial charge is 0.494 e. The third-order valence-corrected chi connectivity index (χ3v) is 4.16. The van der Waals surface area contributed by atoms with E-state index in [0.717, 1.165) is 46.6 Å². The van der Waals surface area contributed by atoms with Gasteiger partial charge in [0.25, 0.3) is 0 Å². The maximum absolute atomic E-state index is 10.5. The van der Waals surface area contributed by atoms with Crippen LogP contribution in [0.4, 0.5) is 0 Å². The van der Waals surface area contributed by atoms with Crippen LogP contribution in [0.25, 0.3) is 11.1 Å². The normalized spacial score (nSPS) is 12.8. The summed E-state index contributed by atoms with van der Waals surface area (Å²) in [5.41, 5.74) is 14.8. The lowest BCUT2D eigenvalue weighted by molar-refractivity contribution is 0.225. The Hall–Kier alpha value is -2.08. The van der Waals surface area contributed by atoms with Crippen molar-refractivity contribution in [2.75, 3.05) is 26.3 Å². The lowest BCUT2D eigenvalue weighted by Crippen LogP contribution is -2.06. The van der Waals surface area contributed by atoms with Gasteiger partial charge in [-0.1, -0.05) is 12.1 Å². The third-order valence-electron chi connectivity index (χ3n) is 4.16. The number of rotatable bonds is 8. The van der Waals surface area contributed by atoms with Crippen molar-refractivity contribution in [1.29, 1.82) is 0 Å². The van der Waals surface area contributed by atoms with Gasteiger partial charge in [-0.25, -0.2) is 0 Å². The first-order chi connectivity index (χ1) is 11.7.